The van der Waals surface area contributed by atoms with Crippen LogP contribution >= 0.6 is 11.3 Å². The lowest BCUT2D eigenvalue weighted by Crippen LogP contribution is -2.30. The Bertz CT molecular complexity index is 639. The molecule has 0 aliphatic rings. The van der Waals surface area contributed by atoms with Crippen molar-refractivity contribution < 1.29 is 19.4 Å². The molecule has 0 aliphatic heterocycles. The minimum absolute atomic E-state index is 0.0312. The number of methoxy groups -OCH3 is 1. The fourth-order valence-corrected chi connectivity index (χ4v) is 2.92. The van der Waals surface area contributed by atoms with E-state index in [1.165, 1.54) is 0 Å². The molecule has 1 aromatic carbocycles. The third-order valence-electron chi connectivity index (χ3n) is 3.20. The molecule has 0 unspecified atom stereocenters. The van der Waals surface area contributed by atoms with Gasteiger partial charge in [-0.3, -0.25) is 4.79 Å². The number of aliphatic hydroxyl groups excluding tert-OH is 1. The lowest BCUT2D eigenvalue weighted by atomic mass is 10.3. The normalized spacial score (nSPS) is 11.8. The maximum atomic E-state index is 11.8. The molecule has 1 aromatic heterocycles. The van der Waals surface area contributed by atoms with Crippen molar-refractivity contribution in [3.63, 3.8) is 0 Å². The van der Waals surface area contributed by atoms with Crippen LogP contribution in [0, 0.1) is 0 Å². The van der Waals surface area contributed by atoms with E-state index in [0.717, 1.165) is 16.2 Å². The second-order valence-corrected chi connectivity index (χ2v) is 6.25. The van der Waals surface area contributed by atoms with Crippen LogP contribution in [0.5, 0.6) is 11.5 Å². The molecule has 0 aliphatic carbocycles. The first-order valence-corrected chi connectivity index (χ1v) is 8.20. The van der Waals surface area contributed by atoms with Gasteiger partial charge in [-0.15, -0.1) is 11.3 Å². The fraction of sp³-hybridized carbons (Fsp3) is 0.353. The van der Waals surface area contributed by atoms with Crippen LogP contribution in [0.25, 0.3) is 0 Å². The number of carbonyl (C=O) groups excluding carboxylic acids is 1. The highest BCUT2D eigenvalue weighted by atomic mass is 32.1. The van der Waals surface area contributed by atoms with Crippen LogP contribution in [0.3, 0.4) is 0 Å². The van der Waals surface area contributed by atoms with Gasteiger partial charge in [0, 0.05) is 22.4 Å². The quantitative estimate of drug-likeness (QED) is 0.778. The average molecular weight is 335 g/mol. The van der Waals surface area contributed by atoms with E-state index in [1.54, 1.807) is 37.5 Å². The summed E-state index contributed by atoms with van der Waals surface area (Å²) in [4.78, 5) is 13.8. The van der Waals surface area contributed by atoms with Crippen LogP contribution in [0.15, 0.2) is 36.4 Å². The van der Waals surface area contributed by atoms with Gasteiger partial charge in [0.05, 0.1) is 13.2 Å². The van der Waals surface area contributed by atoms with Crippen LogP contribution in [0.4, 0.5) is 0 Å². The molecule has 5 nitrogen and oxygen atoms in total. The number of benzene rings is 1. The van der Waals surface area contributed by atoms with Crippen LogP contribution < -0.4 is 14.8 Å². The number of nitrogens with one attached hydrogen (secondary N) is 1. The number of amides is 1. The van der Waals surface area contributed by atoms with Gasteiger partial charge in [0.25, 0.3) is 5.91 Å². The molecule has 0 radical (unpaired) electrons. The van der Waals surface area contributed by atoms with Crippen molar-refractivity contribution in [1.82, 2.24) is 5.32 Å². The molecule has 1 atom stereocenters. The van der Waals surface area contributed by atoms with Gasteiger partial charge in [0.15, 0.2) is 6.61 Å². The van der Waals surface area contributed by atoms with Gasteiger partial charge in [-0.05, 0) is 37.6 Å². The maximum Gasteiger partial charge on any atom is 0.257 e. The Balaban J connectivity index is 1.70. The van der Waals surface area contributed by atoms with Gasteiger partial charge >= 0.3 is 0 Å². The molecule has 1 amide bonds. The number of carbonyl (C=O) groups is 1. The number of aliphatic hydroxyl groups is 1. The molecule has 1 heterocycles. The molecule has 0 fully saturated rings. The zero-order chi connectivity index (χ0) is 16.7. The number of hydrogen-bond acceptors (Lipinski definition) is 5. The molecule has 0 bridgehead atoms. The van der Waals surface area contributed by atoms with Crippen molar-refractivity contribution >= 4 is 17.2 Å². The molecule has 2 rings (SSSR count). The second kappa shape index (κ2) is 8.55. The van der Waals surface area contributed by atoms with E-state index in [0.29, 0.717) is 18.0 Å². The topological polar surface area (TPSA) is 67.8 Å². The lowest BCUT2D eigenvalue weighted by molar-refractivity contribution is -0.123. The summed E-state index contributed by atoms with van der Waals surface area (Å²) in [5.74, 6) is 1.12. The summed E-state index contributed by atoms with van der Waals surface area (Å²) in [5, 5.41) is 12.3. The van der Waals surface area contributed by atoms with E-state index >= 15 is 0 Å². The van der Waals surface area contributed by atoms with E-state index in [9.17, 15) is 9.90 Å². The molecule has 6 heteroatoms. The molecule has 2 N–H and O–H groups in total. The van der Waals surface area contributed by atoms with Crippen LogP contribution in [-0.2, 0) is 11.2 Å². The molecule has 2 aromatic rings. The van der Waals surface area contributed by atoms with E-state index < -0.39 is 6.10 Å². The zero-order valence-electron chi connectivity index (χ0n) is 13.2. The largest absolute Gasteiger partial charge is 0.497 e. The van der Waals surface area contributed by atoms with Gasteiger partial charge < -0.3 is 19.9 Å². The van der Waals surface area contributed by atoms with Gasteiger partial charge in [-0.25, -0.2) is 0 Å². The number of ether oxygens (including phenoxy) is 2. The first-order chi connectivity index (χ1) is 11.1. The number of rotatable bonds is 8. The minimum atomic E-state index is -0.445. The standard InChI is InChI=1S/C17H21NO4S/c1-12(19)16-7-6-15(23-16)8-9-18-17(20)11-22-14-5-3-4-13(10-14)21-2/h3-7,10,12,19H,8-9,11H2,1-2H3,(H,18,20)/t12-/m0/s1. The molecule has 124 valence electrons. The SMILES string of the molecule is COc1cccc(OCC(=O)NCCc2ccc([C@H](C)O)s2)c1. The highest BCUT2D eigenvalue weighted by molar-refractivity contribution is 7.12. The lowest BCUT2D eigenvalue weighted by Gasteiger charge is -2.08. The summed E-state index contributed by atoms with van der Waals surface area (Å²) in [5.41, 5.74) is 0. The van der Waals surface area contributed by atoms with Gasteiger partial charge in [-0.1, -0.05) is 6.07 Å². The Hall–Kier alpha value is -2.05. The van der Waals surface area contributed by atoms with Crippen LogP contribution in [-0.4, -0.2) is 31.3 Å². The van der Waals surface area contributed by atoms with E-state index in [4.69, 9.17) is 9.47 Å². The summed E-state index contributed by atoms with van der Waals surface area (Å²) in [6, 6.07) is 11.0. The summed E-state index contributed by atoms with van der Waals surface area (Å²) in [7, 11) is 1.58. The minimum Gasteiger partial charge on any atom is -0.497 e. The van der Waals surface area contributed by atoms with Crippen molar-refractivity contribution in [2.75, 3.05) is 20.3 Å². The third kappa shape index (κ3) is 5.58. The van der Waals surface area contributed by atoms with Crippen LogP contribution in [0.1, 0.15) is 22.8 Å². The highest BCUT2D eigenvalue weighted by Gasteiger charge is 2.07. The smallest absolute Gasteiger partial charge is 0.257 e. The summed E-state index contributed by atoms with van der Waals surface area (Å²) >= 11 is 1.56. The Morgan fingerprint density at radius 3 is 2.78 bits per heavy atom. The molecule has 0 spiro atoms. The number of hydrogen-bond donors (Lipinski definition) is 2. The zero-order valence-corrected chi connectivity index (χ0v) is 14.1. The summed E-state index contributed by atoms with van der Waals surface area (Å²) < 4.78 is 10.5. The first kappa shape index (κ1) is 17.3. The van der Waals surface area contributed by atoms with E-state index in [-0.39, 0.29) is 12.5 Å². The summed E-state index contributed by atoms with van der Waals surface area (Å²) in [6.45, 7) is 2.25. The van der Waals surface area contributed by atoms with Gasteiger partial charge in [-0.2, -0.15) is 0 Å². The van der Waals surface area contributed by atoms with Crippen molar-refractivity contribution in [3.05, 3.63) is 46.2 Å². The monoisotopic (exact) mass is 335 g/mol. The third-order valence-corrected chi connectivity index (χ3v) is 4.51. The predicted molar refractivity (Wildman–Crippen MR) is 90.2 cm³/mol. The van der Waals surface area contributed by atoms with Crippen molar-refractivity contribution in [3.8, 4) is 11.5 Å². The fourth-order valence-electron chi connectivity index (χ4n) is 1.97. The Morgan fingerprint density at radius 2 is 2.09 bits per heavy atom. The summed E-state index contributed by atoms with van der Waals surface area (Å²) in [6.07, 6.45) is 0.294. The van der Waals surface area contributed by atoms with Crippen molar-refractivity contribution in [1.29, 1.82) is 0 Å². The molecular formula is C17H21NO4S. The predicted octanol–water partition coefficient (Wildman–Crippen LogP) is 2.55. The Morgan fingerprint density at radius 1 is 1.30 bits per heavy atom. The molecule has 23 heavy (non-hydrogen) atoms. The molecule has 0 saturated carbocycles. The first-order valence-electron chi connectivity index (χ1n) is 7.38. The average Bonchev–Trinajstić information content (AvgIpc) is 3.02. The van der Waals surface area contributed by atoms with Crippen molar-refractivity contribution in [2.45, 2.75) is 19.4 Å². The van der Waals surface area contributed by atoms with Gasteiger partial charge in [0.1, 0.15) is 11.5 Å². The van der Waals surface area contributed by atoms with Crippen LogP contribution in [0.2, 0.25) is 0 Å². The van der Waals surface area contributed by atoms with E-state index in [1.807, 2.05) is 24.3 Å². The highest BCUT2D eigenvalue weighted by Crippen LogP contribution is 2.23. The van der Waals surface area contributed by atoms with Crippen molar-refractivity contribution in [2.24, 2.45) is 0 Å². The number of thiophene rings is 1. The molecular weight excluding hydrogens is 314 g/mol. The van der Waals surface area contributed by atoms with Gasteiger partial charge in [0.2, 0.25) is 0 Å². The second-order valence-electron chi connectivity index (χ2n) is 5.05. The van der Waals surface area contributed by atoms with E-state index in [2.05, 4.69) is 5.32 Å². The Labute approximate surface area is 139 Å². The Kier molecular flexibility index (Phi) is 6.43. The molecule has 0 saturated heterocycles. The maximum absolute atomic E-state index is 11.8.